The second-order valence-electron chi connectivity index (χ2n) is 4.01. The molecule has 0 unspecified atom stereocenters. The van der Waals surface area contributed by atoms with Gasteiger partial charge in [0.2, 0.25) is 0 Å². The molecule has 2 aromatic heterocycles. The molecule has 0 spiro atoms. The van der Waals surface area contributed by atoms with Crippen molar-refractivity contribution in [1.29, 1.82) is 0 Å². The van der Waals surface area contributed by atoms with E-state index in [1.165, 1.54) is 4.57 Å². The van der Waals surface area contributed by atoms with Crippen LogP contribution in [0.3, 0.4) is 0 Å². The average Bonchev–Trinajstić information content (AvgIpc) is 2.81. The molecular weight excluding hydrogens is 266 g/mol. The van der Waals surface area contributed by atoms with Crippen molar-refractivity contribution < 1.29 is 4.52 Å². The van der Waals surface area contributed by atoms with Gasteiger partial charge in [-0.25, -0.2) is 0 Å². The van der Waals surface area contributed by atoms with Crippen LogP contribution in [0.25, 0.3) is 16.8 Å². The van der Waals surface area contributed by atoms with Gasteiger partial charge in [0.05, 0.1) is 5.69 Å². The lowest BCUT2D eigenvalue weighted by Gasteiger charge is -2.09. The van der Waals surface area contributed by atoms with Gasteiger partial charge in [-0.1, -0.05) is 41.9 Å². The Balaban J connectivity index is 2.43. The molecule has 0 atom stereocenters. The highest BCUT2D eigenvalue weighted by Gasteiger charge is 2.17. The summed E-state index contributed by atoms with van der Waals surface area (Å²) in [4.78, 5) is 16.8. The van der Waals surface area contributed by atoms with Crippen LogP contribution < -0.4 is 5.56 Å². The largest absolute Gasteiger partial charge is 0.334 e. The summed E-state index contributed by atoms with van der Waals surface area (Å²) in [5.41, 5.74) is 0.661. The predicted octanol–water partition coefficient (Wildman–Crippen LogP) is 2.59. The van der Waals surface area contributed by atoms with E-state index < -0.39 is 0 Å². The van der Waals surface area contributed by atoms with E-state index in [4.69, 9.17) is 16.1 Å². The molecule has 0 aliphatic rings. The first-order chi connectivity index (χ1) is 9.22. The van der Waals surface area contributed by atoms with Crippen molar-refractivity contribution in [3.8, 4) is 5.69 Å². The van der Waals surface area contributed by atoms with E-state index in [-0.39, 0.29) is 21.8 Å². The fourth-order valence-electron chi connectivity index (χ4n) is 2.00. The van der Waals surface area contributed by atoms with Gasteiger partial charge < -0.3 is 4.52 Å². The van der Waals surface area contributed by atoms with E-state index in [2.05, 4.69) is 10.1 Å². The Morgan fingerprint density at radius 3 is 2.74 bits per heavy atom. The van der Waals surface area contributed by atoms with Crippen molar-refractivity contribution in [3.05, 3.63) is 51.7 Å². The molecule has 6 heteroatoms. The highest BCUT2D eigenvalue weighted by Crippen LogP contribution is 2.19. The van der Waals surface area contributed by atoms with Crippen LogP contribution >= 0.6 is 11.6 Å². The maximum Gasteiger partial charge on any atom is 0.272 e. The molecule has 0 aliphatic carbocycles. The molecule has 0 aliphatic heterocycles. The van der Waals surface area contributed by atoms with Crippen LogP contribution in [-0.2, 0) is 6.42 Å². The van der Waals surface area contributed by atoms with E-state index in [1.807, 2.05) is 37.3 Å². The normalized spacial score (nSPS) is 11.1. The number of fused-ring (bicyclic) bond motifs is 1. The SMILES string of the molecule is CCc1nc2onc(Cl)c2c(=O)n1-c1ccccc1. The van der Waals surface area contributed by atoms with Gasteiger partial charge in [-0.2, -0.15) is 4.98 Å². The number of para-hydroxylation sites is 1. The monoisotopic (exact) mass is 275 g/mol. The van der Waals surface area contributed by atoms with Gasteiger partial charge in [0.15, 0.2) is 5.15 Å². The summed E-state index contributed by atoms with van der Waals surface area (Å²) in [6.45, 7) is 1.92. The third-order valence-corrected chi connectivity index (χ3v) is 3.13. The molecule has 0 saturated heterocycles. The Morgan fingerprint density at radius 1 is 1.32 bits per heavy atom. The van der Waals surface area contributed by atoms with Crippen LogP contribution in [0.1, 0.15) is 12.7 Å². The summed E-state index contributed by atoms with van der Waals surface area (Å²) in [7, 11) is 0. The summed E-state index contributed by atoms with van der Waals surface area (Å²) >= 11 is 5.87. The first kappa shape index (κ1) is 11.9. The quantitative estimate of drug-likeness (QED) is 0.721. The van der Waals surface area contributed by atoms with Crippen LogP contribution in [0.4, 0.5) is 0 Å². The van der Waals surface area contributed by atoms with Gasteiger partial charge in [0.1, 0.15) is 11.2 Å². The zero-order valence-corrected chi connectivity index (χ0v) is 10.9. The molecule has 3 aromatic rings. The van der Waals surface area contributed by atoms with Crippen molar-refractivity contribution in [3.63, 3.8) is 0 Å². The van der Waals surface area contributed by atoms with Gasteiger partial charge in [0.25, 0.3) is 11.3 Å². The molecule has 0 bridgehead atoms. The van der Waals surface area contributed by atoms with Crippen molar-refractivity contribution in [2.24, 2.45) is 0 Å². The fraction of sp³-hybridized carbons (Fsp3) is 0.154. The topological polar surface area (TPSA) is 60.9 Å². The Morgan fingerprint density at radius 2 is 2.05 bits per heavy atom. The summed E-state index contributed by atoms with van der Waals surface area (Å²) in [5.74, 6) is 0.608. The summed E-state index contributed by atoms with van der Waals surface area (Å²) in [6, 6.07) is 9.30. The molecule has 0 N–H and O–H groups in total. The van der Waals surface area contributed by atoms with Gasteiger partial charge in [-0.3, -0.25) is 9.36 Å². The molecule has 0 fully saturated rings. The number of aromatic nitrogens is 3. The number of hydrogen-bond acceptors (Lipinski definition) is 4. The lowest BCUT2D eigenvalue weighted by Crippen LogP contribution is -2.23. The highest BCUT2D eigenvalue weighted by atomic mass is 35.5. The lowest BCUT2D eigenvalue weighted by molar-refractivity contribution is 0.447. The Labute approximate surface area is 113 Å². The van der Waals surface area contributed by atoms with Crippen LogP contribution in [0.5, 0.6) is 0 Å². The number of hydrogen-bond donors (Lipinski definition) is 0. The second-order valence-corrected chi connectivity index (χ2v) is 4.37. The molecular formula is C13H10ClN3O2. The van der Waals surface area contributed by atoms with Gasteiger partial charge in [-0.15, -0.1) is 0 Å². The third kappa shape index (κ3) is 1.82. The van der Waals surface area contributed by atoms with Crippen LogP contribution in [0.2, 0.25) is 5.15 Å². The van der Waals surface area contributed by atoms with Gasteiger partial charge >= 0.3 is 0 Å². The molecule has 3 rings (SSSR count). The molecule has 1 aromatic carbocycles. The number of halogens is 1. The van der Waals surface area contributed by atoms with Gasteiger partial charge in [-0.05, 0) is 12.1 Å². The maximum absolute atomic E-state index is 12.5. The minimum atomic E-state index is -0.265. The maximum atomic E-state index is 12.5. The van der Waals surface area contributed by atoms with E-state index in [1.54, 1.807) is 0 Å². The minimum Gasteiger partial charge on any atom is -0.334 e. The van der Waals surface area contributed by atoms with Crippen LogP contribution in [0.15, 0.2) is 39.6 Å². The summed E-state index contributed by atoms with van der Waals surface area (Å²) in [5, 5.41) is 3.83. The smallest absolute Gasteiger partial charge is 0.272 e. The predicted molar refractivity (Wildman–Crippen MR) is 71.8 cm³/mol. The van der Waals surface area contributed by atoms with E-state index >= 15 is 0 Å². The molecule has 0 amide bonds. The van der Waals surface area contributed by atoms with Gasteiger partial charge in [0, 0.05) is 6.42 Å². The molecule has 0 radical (unpaired) electrons. The molecule has 0 saturated carbocycles. The lowest BCUT2D eigenvalue weighted by atomic mass is 10.3. The van der Waals surface area contributed by atoms with Crippen molar-refractivity contribution in [2.45, 2.75) is 13.3 Å². The Hall–Kier alpha value is -2.14. The summed E-state index contributed by atoms with van der Waals surface area (Å²) < 4.78 is 6.49. The Bertz CT molecular complexity index is 793. The number of nitrogens with zero attached hydrogens (tertiary/aromatic N) is 3. The van der Waals surface area contributed by atoms with E-state index in [0.717, 1.165) is 5.69 Å². The first-order valence-corrected chi connectivity index (χ1v) is 6.22. The zero-order chi connectivity index (χ0) is 13.4. The second kappa shape index (κ2) is 4.51. The molecule has 2 heterocycles. The Kier molecular flexibility index (Phi) is 2.83. The van der Waals surface area contributed by atoms with E-state index in [9.17, 15) is 4.79 Å². The fourth-order valence-corrected chi connectivity index (χ4v) is 2.19. The van der Waals surface area contributed by atoms with Crippen molar-refractivity contribution >= 4 is 22.7 Å². The number of rotatable bonds is 2. The highest BCUT2D eigenvalue weighted by molar-refractivity contribution is 6.33. The minimum absolute atomic E-state index is 0.0415. The number of aryl methyl sites for hydroxylation is 1. The summed E-state index contributed by atoms with van der Waals surface area (Å²) in [6.07, 6.45) is 0.596. The average molecular weight is 276 g/mol. The van der Waals surface area contributed by atoms with Crippen LogP contribution in [0, 0.1) is 0 Å². The van der Waals surface area contributed by atoms with E-state index in [0.29, 0.717) is 12.2 Å². The third-order valence-electron chi connectivity index (χ3n) is 2.87. The molecule has 96 valence electrons. The van der Waals surface area contributed by atoms with Crippen molar-refractivity contribution in [2.75, 3.05) is 0 Å². The molecule has 19 heavy (non-hydrogen) atoms. The zero-order valence-electron chi connectivity index (χ0n) is 10.1. The van der Waals surface area contributed by atoms with Crippen LogP contribution in [-0.4, -0.2) is 14.7 Å². The molecule has 5 nitrogen and oxygen atoms in total. The van der Waals surface area contributed by atoms with Crippen molar-refractivity contribution in [1.82, 2.24) is 14.7 Å². The first-order valence-electron chi connectivity index (χ1n) is 5.84. The number of benzene rings is 1. The standard InChI is InChI=1S/C13H10ClN3O2/c1-2-9-15-12-10(11(14)16-19-12)13(18)17(9)8-6-4-3-5-7-8/h3-7H,2H2,1H3.